The maximum atomic E-state index is 11.6. The van der Waals surface area contributed by atoms with Gasteiger partial charge in [0.25, 0.3) is 0 Å². The third-order valence-electron chi connectivity index (χ3n) is 2.60. The van der Waals surface area contributed by atoms with E-state index in [-0.39, 0.29) is 0 Å². The van der Waals surface area contributed by atoms with Gasteiger partial charge in [0.1, 0.15) is 5.78 Å². The van der Waals surface area contributed by atoms with E-state index in [0.29, 0.717) is 17.1 Å². The van der Waals surface area contributed by atoms with Gasteiger partial charge in [-0.05, 0) is 24.2 Å². The van der Waals surface area contributed by atoms with Crippen molar-refractivity contribution in [3.63, 3.8) is 0 Å². The molecule has 0 aliphatic rings. The molecule has 0 saturated heterocycles. The molecule has 15 heavy (non-hydrogen) atoms. The Hall–Kier alpha value is -0.330. The molecule has 0 radical (unpaired) electrons. The minimum Gasteiger partial charge on any atom is -0.300 e. The summed E-state index contributed by atoms with van der Waals surface area (Å²) in [6, 6.07) is 0. The third-order valence-corrected chi connectivity index (χ3v) is 2.60. The van der Waals surface area contributed by atoms with Crippen LogP contribution in [-0.2, 0) is 4.79 Å². The Morgan fingerprint density at radius 2 is 1.80 bits per heavy atom. The first kappa shape index (κ1) is 14.7. The highest BCUT2D eigenvalue weighted by molar-refractivity contribution is 5.78. The van der Waals surface area contributed by atoms with E-state index in [1.165, 1.54) is 12.8 Å². The van der Waals surface area contributed by atoms with E-state index in [4.69, 9.17) is 0 Å². The fraction of sp³-hybridized carbons (Fsp3) is 0.929. The second kappa shape index (κ2) is 7.03. The molecule has 0 aliphatic heterocycles. The molecule has 0 spiro atoms. The summed E-state index contributed by atoms with van der Waals surface area (Å²) in [5.74, 6) is 0.999. The summed E-state index contributed by atoms with van der Waals surface area (Å²) in [5, 5.41) is 0. The summed E-state index contributed by atoms with van der Waals surface area (Å²) in [6.45, 7) is 11.1. The maximum Gasteiger partial charge on any atom is 0.133 e. The van der Waals surface area contributed by atoms with Crippen LogP contribution in [0, 0.1) is 11.3 Å². The van der Waals surface area contributed by atoms with Crippen LogP contribution in [0.1, 0.15) is 73.1 Å². The van der Waals surface area contributed by atoms with Crippen molar-refractivity contribution in [2.45, 2.75) is 73.1 Å². The summed E-state index contributed by atoms with van der Waals surface area (Å²) in [4.78, 5) is 11.6. The van der Waals surface area contributed by atoms with Gasteiger partial charge in [-0.1, -0.05) is 47.5 Å². The summed E-state index contributed by atoms with van der Waals surface area (Å²) < 4.78 is 0. The van der Waals surface area contributed by atoms with Crippen molar-refractivity contribution in [2.75, 3.05) is 0 Å². The Kier molecular flexibility index (Phi) is 6.87. The van der Waals surface area contributed by atoms with Gasteiger partial charge in [-0.2, -0.15) is 0 Å². The SMILES string of the molecule is CCCCCC(=O)CC(C)CC(C)(C)C. The molecule has 0 rings (SSSR count). The average molecular weight is 212 g/mol. The van der Waals surface area contributed by atoms with Gasteiger partial charge in [0, 0.05) is 12.8 Å². The van der Waals surface area contributed by atoms with Crippen LogP contribution in [-0.4, -0.2) is 5.78 Å². The Bertz CT molecular complexity index is 176. The molecular weight excluding hydrogens is 184 g/mol. The van der Waals surface area contributed by atoms with E-state index in [2.05, 4.69) is 34.6 Å². The minimum absolute atomic E-state index is 0.350. The molecule has 1 atom stereocenters. The number of Topliss-reactive ketones (excluding diaryl/α,β-unsaturated/α-hetero) is 1. The van der Waals surface area contributed by atoms with Crippen LogP contribution in [0.4, 0.5) is 0 Å². The molecule has 0 amide bonds. The summed E-state index contributed by atoms with van der Waals surface area (Å²) in [5.41, 5.74) is 0.350. The number of carbonyl (C=O) groups excluding carboxylic acids is 1. The first-order valence-electron chi connectivity index (χ1n) is 6.37. The highest BCUT2D eigenvalue weighted by atomic mass is 16.1. The van der Waals surface area contributed by atoms with Gasteiger partial charge in [-0.3, -0.25) is 4.79 Å². The lowest BCUT2D eigenvalue weighted by molar-refractivity contribution is -0.120. The summed E-state index contributed by atoms with van der Waals surface area (Å²) in [6.07, 6.45) is 6.19. The molecular formula is C14H28O. The average Bonchev–Trinajstić information content (AvgIpc) is 2.00. The van der Waals surface area contributed by atoms with Crippen LogP contribution in [0.3, 0.4) is 0 Å². The lowest BCUT2D eigenvalue weighted by Crippen LogP contribution is -2.14. The van der Waals surface area contributed by atoms with Crippen molar-refractivity contribution in [3.8, 4) is 0 Å². The van der Waals surface area contributed by atoms with Crippen LogP contribution in [0.2, 0.25) is 0 Å². The Morgan fingerprint density at radius 3 is 2.27 bits per heavy atom. The molecule has 0 heterocycles. The summed E-state index contributed by atoms with van der Waals surface area (Å²) in [7, 11) is 0. The molecule has 0 aliphatic carbocycles. The van der Waals surface area contributed by atoms with Crippen LogP contribution in [0.25, 0.3) is 0 Å². The molecule has 1 nitrogen and oxygen atoms in total. The Balaban J connectivity index is 3.67. The van der Waals surface area contributed by atoms with Gasteiger partial charge in [0.15, 0.2) is 0 Å². The monoisotopic (exact) mass is 212 g/mol. The van der Waals surface area contributed by atoms with Crippen LogP contribution in [0.5, 0.6) is 0 Å². The van der Waals surface area contributed by atoms with Crippen LogP contribution in [0.15, 0.2) is 0 Å². The predicted octanol–water partition coefficient (Wildman–Crippen LogP) is 4.60. The molecule has 0 aromatic carbocycles. The van der Waals surface area contributed by atoms with E-state index in [1.54, 1.807) is 0 Å². The smallest absolute Gasteiger partial charge is 0.133 e. The Morgan fingerprint density at radius 1 is 1.20 bits per heavy atom. The highest BCUT2D eigenvalue weighted by Gasteiger charge is 2.17. The maximum absolute atomic E-state index is 11.6. The van der Waals surface area contributed by atoms with E-state index < -0.39 is 0 Å². The van der Waals surface area contributed by atoms with E-state index in [1.807, 2.05) is 0 Å². The van der Waals surface area contributed by atoms with Crippen molar-refractivity contribution in [2.24, 2.45) is 11.3 Å². The number of carbonyl (C=O) groups is 1. The van der Waals surface area contributed by atoms with Crippen molar-refractivity contribution in [1.29, 1.82) is 0 Å². The second-order valence-electron chi connectivity index (χ2n) is 6.07. The molecule has 0 aromatic rings. The number of hydrogen-bond donors (Lipinski definition) is 0. The minimum atomic E-state index is 0.350. The third kappa shape index (κ3) is 9.96. The fourth-order valence-corrected chi connectivity index (χ4v) is 2.18. The number of hydrogen-bond acceptors (Lipinski definition) is 1. The molecule has 0 saturated carbocycles. The van der Waals surface area contributed by atoms with Crippen molar-refractivity contribution >= 4 is 5.78 Å². The number of ketones is 1. The second-order valence-corrected chi connectivity index (χ2v) is 6.07. The molecule has 0 fully saturated rings. The van der Waals surface area contributed by atoms with E-state index >= 15 is 0 Å². The zero-order valence-electron chi connectivity index (χ0n) is 11.2. The van der Waals surface area contributed by atoms with Gasteiger partial charge in [0.2, 0.25) is 0 Å². The van der Waals surface area contributed by atoms with Crippen molar-refractivity contribution < 1.29 is 4.79 Å². The molecule has 0 N–H and O–H groups in total. The summed E-state index contributed by atoms with van der Waals surface area (Å²) >= 11 is 0. The Labute approximate surface area is 95.6 Å². The first-order chi connectivity index (χ1) is 6.85. The van der Waals surface area contributed by atoms with Gasteiger partial charge in [0.05, 0.1) is 0 Å². The van der Waals surface area contributed by atoms with Crippen LogP contribution < -0.4 is 0 Å². The molecule has 0 aromatic heterocycles. The topological polar surface area (TPSA) is 17.1 Å². The normalized spacial score (nSPS) is 13.9. The molecule has 1 unspecified atom stereocenters. The van der Waals surface area contributed by atoms with Crippen molar-refractivity contribution in [3.05, 3.63) is 0 Å². The van der Waals surface area contributed by atoms with Gasteiger partial charge >= 0.3 is 0 Å². The molecule has 1 heteroatoms. The van der Waals surface area contributed by atoms with Crippen molar-refractivity contribution in [1.82, 2.24) is 0 Å². The van der Waals surface area contributed by atoms with Crippen LogP contribution >= 0.6 is 0 Å². The zero-order chi connectivity index (χ0) is 11.9. The van der Waals surface area contributed by atoms with Gasteiger partial charge in [-0.25, -0.2) is 0 Å². The standard InChI is InChI=1S/C14H28O/c1-6-7-8-9-13(15)10-12(2)11-14(3,4)5/h12H,6-11H2,1-5H3. The quantitative estimate of drug-likeness (QED) is 0.564. The number of rotatable bonds is 7. The first-order valence-corrected chi connectivity index (χ1v) is 6.37. The molecule has 90 valence electrons. The van der Waals surface area contributed by atoms with E-state index in [0.717, 1.165) is 25.7 Å². The molecule has 0 bridgehead atoms. The lowest BCUT2D eigenvalue weighted by atomic mass is 9.83. The van der Waals surface area contributed by atoms with Gasteiger partial charge in [-0.15, -0.1) is 0 Å². The lowest BCUT2D eigenvalue weighted by Gasteiger charge is -2.22. The largest absolute Gasteiger partial charge is 0.300 e. The van der Waals surface area contributed by atoms with E-state index in [9.17, 15) is 4.79 Å². The fourth-order valence-electron chi connectivity index (χ4n) is 2.18. The van der Waals surface area contributed by atoms with Gasteiger partial charge < -0.3 is 0 Å². The number of unbranched alkanes of at least 4 members (excludes halogenated alkanes) is 2. The highest BCUT2D eigenvalue weighted by Crippen LogP contribution is 2.26. The zero-order valence-corrected chi connectivity index (χ0v) is 11.2. The predicted molar refractivity (Wildman–Crippen MR) is 67.0 cm³/mol.